The Labute approximate surface area is 102 Å². The lowest BCUT2D eigenvalue weighted by molar-refractivity contribution is 0.415. The molecule has 0 amide bonds. The molecule has 0 radical (unpaired) electrons. The molecule has 1 N–H and O–H groups in total. The second kappa shape index (κ2) is 4.12. The van der Waals surface area contributed by atoms with Gasteiger partial charge in [-0.3, -0.25) is 0 Å². The van der Waals surface area contributed by atoms with E-state index in [4.69, 9.17) is 11.6 Å². The Morgan fingerprint density at radius 2 is 2.50 bits per heavy atom. The van der Waals surface area contributed by atoms with Gasteiger partial charge >= 0.3 is 0 Å². The van der Waals surface area contributed by atoms with Crippen molar-refractivity contribution in [2.24, 2.45) is 0 Å². The predicted octanol–water partition coefficient (Wildman–Crippen LogP) is 3.85. The summed E-state index contributed by atoms with van der Waals surface area (Å²) < 4.78 is 1.89. The molecule has 1 saturated heterocycles. The van der Waals surface area contributed by atoms with Crippen LogP contribution in [0.25, 0.3) is 0 Å². The second-order valence-corrected chi connectivity index (χ2v) is 6.70. The molecule has 2 rings (SSSR count). The van der Waals surface area contributed by atoms with Gasteiger partial charge in [0.15, 0.2) is 0 Å². The summed E-state index contributed by atoms with van der Waals surface area (Å²) in [6.07, 6.45) is 3.64. The topological polar surface area (TPSA) is 12.0 Å². The lowest BCUT2D eigenvalue weighted by Gasteiger charge is -2.23. The maximum atomic E-state index is 6.01. The molecular weight excluding hydrogens is 282 g/mol. The fourth-order valence-corrected chi connectivity index (χ4v) is 3.95. The van der Waals surface area contributed by atoms with Gasteiger partial charge in [-0.05, 0) is 54.7 Å². The van der Waals surface area contributed by atoms with Crippen LogP contribution >= 0.6 is 38.9 Å². The first-order valence-corrected chi connectivity index (χ1v) is 6.77. The van der Waals surface area contributed by atoms with Crippen LogP contribution in [0.4, 0.5) is 0 Å². The third-order valence-electron chi connectivity index (χ3n) is 2.72. The van der Waals surface area contributed by atoms with Gasteiger partial charge in [0.1, 0.15) is 4.34 Å². The van der Waals surface area contributed by atoms with Gasteiger partial charge in [0, 0.05) is 14.9 Å². The van der Waals surface area contributed by atoms with Crippen molar-refractivity contribution >= 4 is 38.9 Å². The van der Waals surface area contributed by atoms with E-state index >= 15 is 0 Å². The molecule has 1 aliphatic heterocycles. The van der Waals surface area contributed by atoms with Crippen molar-refractivity contribution in [1.29, 1.82) is 0 Å². The van der Waals surface area contributed by atoms with Crippen LogP contribution in [-0.2, 0) is 6.42 Å². The van der Waals surface area contributed by atoms with Crippen molar-refractivity contribution in [3.63, 3.8) is 0 Å². The van der Waals surface area contributed by atoms with Gasteiger partial charge in [-0.25, -0.2) is 0 Å². The van der Waals surface area contributed by atoms with Crippen LogP contribution in [0.2, 0.25) is 4.34 Å². The summed E-state index contributed by atoms with van der Waals surface area (Å²) in [6, 6.07) is 2.14. The third kappa shape index (κ3) is 2.32. The predicted molar refractivity (Wildman–Crippen MR) is 66.4 cm³/mol. The van der Waals surface area contributed by atoms with E-state index in [0.717, 1.165) is 21.8 Å². The van der Waals surface area contributed by atoms with E-state index in [2.05, 4.69) is 34.2 Å². The summed E-state index contributed by atoms with van der Waals surface area (Å²) >= 11 is 11.1. The molecule has 1 aromatic heterocycles. The maximum Gasteiger partial charge on any atom is 0.107 e. The molecular formula is C10H13BrClNS. The Bertz CT molecular complexity index is 311. The molecule has 1 atom stereocenters. The normalized spacial score (nSPS) is 27.1. The van der Waals surface area contributed by atoms with Gasteiger partial charge in [-0.2, -0.15) is 0 Å². The molecule has 0 bridgehead atoms. The molecule has 0 spiro atoms. The molecule has 0 saturated carbocycles. The van der Waals surface area contributed by atoms with E-state index in [1.54, 1.807) is 11.3 Å². The molecule has 0 aliphatic carbocycles. The summed E-state index contributed by atoms with van der Waals surface area (Å²) in [4.78, 5) is 1.36. The fraction of sp³-hybridized carbons (Fsp3) is 0.600. The minimum Gasteiger partial charge on any atom is -0.311 e. The van der Waals surface area contributed by atoms with Crippen molar-refractivity contribution in [1.82, 2.24) is 5.32 Å². The van der Waals surface area contributed by atoms with Gasteiger partial charge < -0.3 is 5.32 Å². The molecule has 1 aromatic rings. The Hall–Kier alpha value is 0.430. The van der Waals surface area contributed by atoms with Gasteiger partial charge in [0.05, 0.1) is 0 Å². The molecule has 4 heteroatoms. The van der Waals surface area contributed by atoms with Crippen LogP contribution in [0.1, 0.15) is 24.6 Å². The van der Waals surface area contributed by atoms with Crippen molar-refractivity contribution in [3.05, 3.63) is 19.8 Å². The number of nitrogens with one attached hydrogen (secondary N) is 1. The van der Waals surface area contributed by atoms with Crippen LogP contribution in [0, 0.1) is 0 Å². The van der Waals surface area contributed by atoms with Crippen molar-refractivity contribution < 1.29 is 0 Å². The number of thiophene rings is 1. The summed E-state index contributed by atoms with van der Waals surface area (Å²) in [7, 11) is 0. The first-order valence-electron chi connectivity index (χ1n) is 4.78. The zero-order valence-electron chi connectivity index (χ0n) is 8.07. The Kier molecular flexibility index (Phi) is 3.22. The van der Waals surface area contributed by atoms with E-state index in [1.807, 2.05) is 0 Å². The molecule has 2 heterocycles. The molecule has 78 valence electrons. The Morgan fingerprint density at radius 1 is 1.71 bits per heavy atom. The Morgan fingerprint density at radius 3 is 3.00 bits per heavy atom. The maximum absolute atomic E-state index is 6.01. The van der Waals surface area contributed by atoms with Gasteiger partial charge in [-0.1, -0.05) is 11.6 Å². The monoisotopic (exact) mass is 293 g/mol. The number of hydrogen-bond acceptors (Lipinski definition) is 2. The molecule has 0 aromatic carbocycles. The third-order valence-corrected chi connectivity index (χ3v) is 5.19. The first-order chi connectivity index (χ1) is 6.59. The molecule has 1 aliphatic rings. The summed E-state index contributed by atoms with van der Waals surface area (Å²) in [5.41, 5.74) is 0.285. The van der Waals surface area contributed by atoms with Crippen LogP contribution in [0.5, 0.6) is 0 Å². The van der Waals surface area contributed by atoms with Crippen molar-refractivity contribution in [3.8, 4) is 0 Å². The lowest BCUT2D eigenvalue weighted by Crippen LogP contribution is -2.38. The number of rotatable bonds is 2. The second-order valence-electron chi connectivity index (χ2n) is 4.10. The zero-order valence-corrected chi connectivity index (χ0v) is 11.2. The Balaban J connectivity index is 2.10. The highest BCUT2D eigenvalue weighted by Gasteiger charge is 2.28. The highest BCUT2D eigenvalue weighted by atomic mass is 79.9. The quantitative estimate of drug-likeness (QED) is 0.873. The van der Waals surface area contributed by atoms with Gasteiger partial charge in [-0.15, -0.1) is 11.3 Å². The average molecular weight is 295 g/mol. The van der Waals surface area contributed by atoms with Gasteiger partial charge in [0.25, 0.3) is 0 Å². The fourth-order valence-electron chi connectivity index (χ4n) is 1.97. The number of halogens is 2. The molecule has 1 fully saturated rings. The largest absolute Gasteiger partial charge is 0.311 e. The smallest absolute Gasteiger partial charge is 0.107 e. The van der Waals surface area contributed by atoms with E-state index in [-0.39, 0.29) is 5.54 Å². The summed E-state index contributed by atoms with van der Waals surface area (Å²) in [6.45, 7) is 3.44. The van der Waals surface area contributed by atoms with Crippen molar-refractivity contribution in [2.45, 2.75) is 31.7 Å². The van der Waals surface area contributed by atoms with E-state index in [9.17, 15) is 0 Å². The minimum absolute atomic E-state index is 0.285. The summed E-state index contributed by atoms with van der Waals surface area (Å²) in [5, 5.41) is 3.56. The van der Waals surface area contributed by atoms with E-state index in [1.165, 1.54) is 17.7 Å². The van der Waals surface area contributed by atoms with Crippen molar-refractivity contribution in [2.75, 3.05) is 6.54 Å². The molecule has 1 nitrogen and oxygen atoms in total. The first kappa shape index (κ1) is 10.9. The lowest BCUT2D eigenvalue weighted by atomic mass is 9.95. The number of hydrogen-bond donors (Lipinski definition) is 1. The molecule has 1 unspecified atom stereocenters. The van der Waals surface area contributed by atoms with E-state index < -0.39 is 0 Å². The zero-order chi connectivity index (χ0) is 10.2. The molecule has 14 heavy (non-hydrogen) atoms. The minimum atomic E-state index is 0.285. The average Bonchev–Trinajstić information content (AvgIpc) is 2.62. The van der Waals surface area contributed by atoms with Crippen LogP contribution in [-0.4, -0.2) is 12.1 Å². The highest BCUT2D eigenvalue weighted by Crippen LogP contribution is 2.35. The van der Waals surface area contributed by atoms with Crippen LogP contribution in [0.3, 0.4) is 0 Å². The summed E-state index contributed by atoms with van der Waals surface area (Å²) in [5.74, 6) is 0. The highest BCUT2D eigenvalue weighted by molar-refractivity contribution is 9.10. The standard InChI is InChI=1S/C10H13BrClNS/c1-10(3-2-4-13-10)6-7-5-8(11)9(12)14-7/h5,13H,2-4,6H2,1H3. The van der Waals surface area contributed by atoms with Gasteiger partial charge in [0.2, 0.25) is 0 Å². The van der Waals surface area contributed by atoms with Crippen LogP contribution < -0.4 is 5.32 Å². The van der Waals surface area contributed by atoms with Crippen LogP contribution in [0.15, 0.2) is 10.5 Å². The van der Waals surface area contributed by atoms with E-state index in [0.29, 0.717) is 0 Å². The SMILES string of the molecule is CC1(Cc2cc(Br)c(Cl)s2)CCCN1.